The number of nitro groups is 1. The summed E-state index contributed by atoms with van der Waals surface area (Å²) in [7, 11) is 2.07. The van der Waals surface area contributed by atoms with E-state index in [2.05, 4.69) is 11.9 Å². The molecular weight excluding hydrogens is 292 g/mol. The number of nitro benzene ring substituents is 1. The molecule has 0 bridgehead atoms. The Hall–Kier alpha value is -2.40. The molecule has 1 fully saturated rings. The van der Waals surface area contributed by atoms with E-state index >= 15 is 0 Å². The van der Waals surface area contributed by atoms with Crippen LogP contribution in [0, 0.1) is 10.1 Å². The van der Waals surface area contributed by atoms with Crippen LogP contribution < -0.4 is 4.74 Å². The van der Waals surface area contributed by atoms with Gasteiger partial charge in [0.05, 0.1) is 4.92 Å². The molecule has 2 unspecified atom stereocenters. The molecule has 0 amide bonds. The van der Waals surface area contributed by atoms with Gasteiger partial charge >= 0.3 is 0 Å². The first-order chi connectivity index (χ1) is 11.1. The van der Waals surface area contributed by atoms with Crippen LogP contribution in [0.4, 0.5) is 5.69 Å². The molecule has 0 spiro atoms. The average Bonchev–Trinajstić information content (AvgIpc) is 2.57. The summed E-state index contributed by atoms with van der Waals surface area (Å²) in [5.41, 5.74) is 1.10. The second-order valence-corrected chi connectivity index (χ2v) is 5.98. The highest BCUT2D eigenvalue weighted by molar-refractivity contribution is 5.37. The fourth-order valence-corrected chi connectivity index (χ4v) is 3.10. The highest BCUT2D eigenvalue weighted by atomic mass is 16.6. The smallest absolute Gasteiger partial charge is 0.269 e. The number of ether oxygens (including phenoxy) is 1. The Morgan fingerprint density at radius 1 is 1.17 bits per heavy atom. The largest absolute Gasteiger partial charge is 0.490 e. The summed E-state index contributed by atoms with van der Waals surface area (Å²) in [4.78, 5) is 12.9. The minimum absolute atomic E-state index is 0.0237. The number of non-ortho nitro benzene ring substituents is 1. The summed E-state index contributed by atoms with van der Waals surface area (Å²) < 4.78 is 6.17. The third-order valence-corrected chi connectivity index (χ3v) is 4.29. The van der Waals surface area contributed by atoms with E-state index in [1.165, 1.54) is 6.07 Å². The molecule has 1 saturated heterocycles. The van der Waals surface area contributed by atoms with Crippen LogP contribution in [0.25, 0.3) is 0 Å². The molecule has 2 aromatic carbocycles. The maximum atomic E-state index is 11.0. The maximum absolute atomic E-state index is 11.0. The standard InChI is InChI=1S/C18H20N2O3/c1-19-11-10-18(23-16-8-3-2-4-9-16)17(13-19)14-6-5-7-15(12-14)20(21)22/h2-9,12,17-18H,10-11,13H2,1H3. The lowest BCUT2D eigenvalue weighted by Crippen LogP contribution is -2.42. The summed E-state index contributed by atoms with van der Waals surface area (Å²) in [5.74, 6) is 0.964. The monoisotopic (exact) mass is 312 g/mol. The van der Waals surface area contributed by atoms with Crippen molar-refractivity contribution in [2.75, 3.05) is 20.1 Å². The SMILES string of the molecule is CN1CCC(Oc2ccccc2)C(c2cccc([N+](=O)[O-])c2)C1. The van der Waals surface area contributed by atoms with E-state index in [9.17, 15) is 10.1 Å². The van der Waals surface area contributed by atoms with Crippen LogP contribution in [0.15, 0.2) is 54.6 Å². The number of hydrogen-bond donors (Lipinski definition) is 0. The van der Waals surface area contributed by atoms with Gasteiger partial charge in [0.2, 0.25) is 0 Å². The van der Waals surface area contributed by atoms with Crippen molar-refractivity contribution in [1.29, 1.82) is 0 Å². The predicted octanol–water partition coefficient (Wildman–Crippen LogP) is 3.46. The number of likely N-dealkylation sites (N-methyl/N-ethyl adjacent to an activating group) is 1. The molecule has 0 aromatic heterocycles. The van der Waals surface area contributed by atoms with Crippen LogP contribution in [-0.4, -0.2) is 36.1 Å². The Bertz CT molecular complexity index is 675. The van der Waals surface area contributed by atoms with Crippen LogP contribution in [0.2, 0.25) is 0 Å². The number of piperidine rings is 1. The average molecular weight is 312 g/mol. The lowest BCUT2D eigenvalue weighted by atomic mass is 9.87. The van der Waals surface area contributed by atoms with Crippen LogP contribution in [0.3, 0.4) is 0 Å². The number of nitrogens with zero attached hydrogens (tertiary/aromatic N) is 2. The first-order valence-electron chi connectivity index (χ1n) is 7.78. The Labute approximate surface area is 135 Å². The van der Waals surface area contributed by atoms with Gasteiger partial charge in [0, 0.05) is 31.1 Å². The van der Waals surface area contributed by atoms with Crippen LogP contribution in [0.5, 0.6) is 5.75 Å². The molecule has 0 radical (unpaired) electrons. The van der Waals surface area contributed by atoms with Crippen molar-refractivity contribution in [2.45, 2.75) is 18.4 Å². The third kappa shape index (κ3) is 3.68. The number of para-hydroxylation sites is 1. The maximum Gasteiger partial charge on any atom is 0.269 e. The van der Waals surface area contributed by atoms with Gasteiger partial charge in [-0.3, -0.25) is 10.1 Å². The van der Waals surface area contributed by atoms with Crippen molar-refractivity contribution in [3.63, 3.8) is 0 Å². The van der Waals surface area contributed by atoms with Crippen LogP contribution in [-0.2, 0) is 0 Å². The Morgan fingerprint density at radius 2 is 1.96 bits per heavy atom. The van der Waals surface area contributed by atoms with Crippen molar-refractivity contribution >= 4 is 5.69 Å². The molecule has 1 aliphatic rings. The molecule has 23 heavy (non-hydrogen) atoms. The van der Waals surface area contributed by atoms with Crippen molar-refractivity contribution in [3.8, 4) is 5.75 Å². The normalized spacial score (nSPS) is 21.8. The van der Waals surface area contributed by atoms with E-state index in [1.54, 1.807) is 12.1 Å². The summed E-state index contributed by atoms with van der Waals surface area (Å²) in [6.07, 6.45) is 0.925. The Kier molecular flexibility index (Phi) is 4.57. The van der Waals surface area contributed by atoms with E-state index in [4.69, 9.17) is 4.74 Å². The summed E-state index contributed by atoms with van der Waals surface area (Å²) in [6, 6.07) is 16.7. The third-order valence-electron chi connectivity index (χ3n) is 4.29. The lowest BCUT2D eigenvalue weighted by molar-refractivity contribution is -0.384. The van der Waals surface area contributed by atoms with Crippen LogP contribution >= 0.6 is 0 Å². The second-order valence-electron chi connectivity index (χ2n) is 5.98. The van der Waals surface area contributed by atoms with Crippen LogP contribution in [0.1, 0.15) is 17.9 Å². The fourth-order valence-electron chi connectivity index (χ4n) is 3.10. The Morgan fingerprint density at radius 3 is 2.70 bits per heavy atom. The summed E-state index contributed by atoms with van der Waals surface area (Å²) >= 11 is 0. The highest BCUT2D eigenvalue weighted by Crippen LogP contribution is 2.31. The fraction of sp³-hybridized carbons (Fsp3) is 0.333. The van der Waals surface area contributed by atoms with Gasteiger partial charge in [0.1, 0.15) is 11.9 Å². The minimum Gasteiger partial charge on any atom is -0.490 e. The molecule has 2 aromatic rings. The number of rotatable bonds is 4. The zero-order chi connectivity index (χ0) is 16.2. The number of likely N-dealkylation sites (tertiary alicyclic amines) is 1. The summed E-state index contributed by atoms with van der Waals surface area (Å²) in [5, 5.41) is 11.0. The van der Waals surface area contributed by atoms with Gasteiger partial charge in [-0.1, -0.05) is 30.3 Å². The lowest BCUT2D eigenvalue weighted by Gasteiger charge is -2.37. The topological polar surface area (TPSA) is 55.6 Å². The highest BCUT2D eigenvalue weighted by Gasteiger charge is 2.31. The van der Waals surface area contributed by atoms with Crippen molar-refractivity contribution in [2.24, 2.45) is 0 Å². The van der Waals surface area contributed by atoms with Crippen molar-refractivity contribution < 1.29 is 9.66 Å². The van der Waals surface area contributed by atoms with E-state index in [0.29, 0.717) is 0 Å². The van der Waals surface area contributed by atoms with Crippen molar-refractivity contribution in [3.05, 3.63) is 70.3 Å². The van der Waals surface area contributed by atoms with Gasteiger partial charge in [-0.2, -0.15) is 0 Å². The van der Waals surface area contributed by atoms with Gasteiger partial charge < -0.3 is 9.64 Å². The second kappa shape index (κ2) is 6.79. The van der Waals surface area contributed by atoms with E-state index in [1.807, 2.05) is 36.4 Å². The molecule has 2 atom stereocenters. The first kappa shape index (κ1) is 15.5. The minimum atomic E-state index is -0.344. The van der Waals surface area contributed by atoms with Gasteiger partial charge in [-0.25, -0.2) is 0 Å². The first-order valence-corrected chi connectivity index (χ1v) is 7.78. The molecule has 5 heteroatoms. The Balaban J connectivity index is 1.86. The van der Waals surface area contributed by atoms with E-state index in [0.717, 1.165) is 30.8 Å². The van der Waals surface area contributed by atoms with E-state index < -0.39 is 0 Å². The molecule has 1 heterocycles. The molecule has 120 valence electrons. The number of benzene rings is 2. The van der Waals surface area contributed by atoms with Crippen molar-refractivity contribution in [1.82, 2.24) is 4.90 Å². The number of hydrogen-bond acceptors (Lipinski definition) is 4. The molecule has 1 aliphatic heterocycles. The summed E-state index contributed by atoms with van der Waals surface area (Å²) in [6.45, 7) is 1.79. The van der Waals surface area contributed by atoms with E-state index in [-0.39, 0.29) is 22.6 Å². The molecule has 0 N–H and O–H groups in total. The molecule has 0 aliphatic carbocycles. The van der Waals surface area contributed by atoms with Gasteiger partial charge in [-0.05, 0) is 31.2 Å². The molecule has 0 saturated carbocycles. The zero-order valence-corrected chi connectivity index (χ0v) is 13.1. The quantitative estimate of drug-likeness (QED) is 0.641. The van der Waals surface area contributed by atoms with Gasteiger partial charge in [-0.15, -0.1) is 0 Å². The molecule has 3 rings (SSSR count). The zero-order valence-electron chi connectivity index (χ0n) is 13.1. The molecule has 5 nitrogen and oxygen atoms in total. The molecular formula is C18H20N2O3. The van der Waals surface area contributed by atoms with Gasteiger partial charge in [0.25, 0.3) is 5.69 Å². The van der Waals surface area contributed by atoms with Gasteiger partial charge in [0.15, 0.2) is 0 Å². The predicted molar refractivity (Wildman–Crippen MR) is 88.8 cm³/mol.